The zero-order valence-electron chi connectivity index (χ0n) is 7.86. The summed E-state index contributed by atoms with van der Waals surface area (Å²) >= 11 is 0. The van der Waals surface area contributed by atoms with Crippen LogP contribution in [0, 0.1) is 0 Å². The van der Waals surface area contributed by atoms with E-state index in [1.807, 2.05) is 0 Å². The third kappa shape index (κ3) is 1.51. The second kappa shape index (κ2) is 3.57. The van der Waals surface area contributed by atoms with Gasteiger partial charge in [-0.2, -0.15) is 0 Å². The molecular formula is C10H11NO3. The molecule has 1 aliphatic heterocycles. The molecule has 1 N–H and O–H groups in total. The van der Waals surface area contributed by atoms with Crippen molar-refractivity contribution >= 4 is 5.90 Å². The third-order valence-electron chi connectivity index (χ3n) is 2.01. The van der Waals surface area contributed by atoms with E-state index in [0.29, 0.717) is 24.8 Å². The maximum Gasteiger partial charge on any atom is 0.216 e. The number of aromatic hydroxyl groups is 1. The van der Waals surface area contributed by atoms with Crippen LogP contribution in [0.15, 0.2) is 23.2 Å². The van der Waals surface area contributed by atoms with Gasteiger partial charge in [0.25, 0.3) is 0 Å². The summed E-state index contributed by atoms with van der Waals surface area (Å²) in [6, 6.07) is 5.03. The van der Waals surface area contributed by atoms with Gasteiger partial charge in [-0.15, -0.1) is 0 Å². The van der Waals surface area contributed by atoms with Crippen LogP contribution in [0.25, 0.3) is 0 Å². The predicted octanol–water partition coefficient (Wildman–Crippen LogP) is 1.18. The van der Waals surface area contributed by atoms with Gasteiger partial charge in [-0.3, -0.25) is 0 Å². The van der Waals surface area contributed by atoms with Crippen molar-refractivity contribution in [3.8, 4) is 11.5 Å². The molecule has 0 aliphatic carbocycles. The van der Waals surface area contributed by atoms with Crippen molar-refractivity contribution in [2.75, 3.05) is 20.3 Å². The van der Waals surface area contributed by atoms with Crippen molar-refractivity contribution in [1.82, 2.24) is 0 Å². The van der Waals surface area contributed by atoms with E-state index in [2.05, 4.69) is 4.99 Å². The molecule has 4 heteroatoms. The Kier molecular flexibility index (Phi) is 2.26. The van der Waals surface area contributed by atoms with Gasteiger partial charge in [0.1, 0.15) is 6.61 Å². The lowest BCUT2D eigenvalue weighted by Gasteiger charge is -2.06. The number of hydrogen-bond acceptors (Lipinski definition) is 4. The second-order valence-electron chi connectivity index (χ2n) is 2.92. The van der Waals surface area contributed by atoms with Gasteiger partial charge < -0.3 is 14.6 Å². The van der Waals surface area contributed by atoms with Crippen molar-refractivity contribution in [3.05, 3.63) is 23.8 Å². The molecule has 4 nitrogen and oxygen atoms in total. The van der Waals surface area contributed by atoms with E-state index in [4.69, 9.17) is 9.47 Å². The summed E-state index contributed by atoms with van der Waals surface area (Å²) in [4.78, 5) is 4.17. The van der Waals surface area contributed by atoms with Crippen LogP contribution >= 0.6 is 0 Å². The summed E-state index contributed by atoms with van der Waals surface area (Å²) in [6.07, 6.45) is 0. The monoisotopic (exact) mass is 193 g/mol. The van der Waals surface area contributed by atoms with E-state index in [-0.39, 0.29) is 5.75 Å². The first-order valence-electron chi connectivity index (χ1n) is 4.36. The molecule has 0 spiro atoms. The fraction of sp³-hybridized carbons (Fsp3) is 0.300. The Morgan fingerprint density at radius 1 is 1.50 bits per heavy atom. The van der Waals surface area contributed by atoms with Crippen LogP contribution in [-0.2, 0) is 4.74 Å². The number of ether oxygens (including phenoxy) is 2. The summed E-state index contributed by atoms with van der Waals surface area (Å²) in [7, 11) is 1.51. The highest BCUT2D eigenvalue weighted by molar-refractivity contribution is 5.95. The second-order valence-corrected chi connectivity index (χ2v) is 2.92. The Hall–Kier alpha value is -1.71. The number of phenolic OH excluding ortho intramolecular Hbond substituents is 1. The first-order valence-corrected chi connectivity index (χ1v) is 4.36. The van der Waals surface area contributed by atoms with E-state index in [9.17, 15) is 5.11 Å². The van der Waals surface area contributed by atoms with Gasteiger partial charge in [0, 0.05) is 5.56 Å². The molecule has 0 aromatic heterocycles. The first-order chi connectivity index (χ1) is 6.81. The van der Waals surface area contributed by atoms with Crippen molar-refractivity contribution < 1.29 is 14.6 Å². The maximum absolute atomic E-state index is 9.37. The molecule has 1 heterocycles. The van der Waals surface area contributed by atoms with Crippen molar-refractivity contribution in [3.63, 3.8) is 0 Å². The van der Waals surface area contributed by atoms with Gasteiger partial charge in [0.2, 0.25) is 5.90 Å². The van der Waals surface area contributed by atoms with Crippen LogP contribution in [-0.4, -0.2) is 31.3 Å². The number of rotatable bonds is 2. The molecule has 1 aromatic carbocycles. The van der Waals surface area contributed by atoms with E-state index in [0.717, 1.165) is 5.56 Å². The average molecular weight is 193 g/mol. The fourth-order valence-electron chi connectivity index (χ4n) is 1.32. The van der Waals surface area contributed by atoms with Crippen molar-refractivity contribution in [2.45, 2.75) is 0 Å². The zero-order chi connectivity index (χ0) is 9.97. The minimum atomic E-state index is 0.120. The molecule has 0 saturated heterocycles. The van der Waals surface area contributed by atoms with E-state index in [1.54, 1.807) is 18.2 Å². The predicted molar refractivity (Wildman–Crippen MR) is 52.0 cm³/mol. The van der Waals surface area contributed by atoms with Crippen molar-refractivity contribution in [2.24, 2.45) is 4.99 Å². The van der Waals surface area contributed by atoms with Crippen LogP contribution in [0.1, 0.15) is 5.56 Å². The van der Waals surface area contributed by atoms with E-state index < -0.39 is 0 Å². The zero-order valence-corrected chi connectivity index (χ0v) is 7.86. The number of phenols is 1. The molecule has 0 atom stereocenters. The quantitative estimate of drug-likeness (QED) is 0.767. The number of benzene rings is 1. The summed E-state index contributed by atoms with van der Waals surface area (Å²) in [5.41, 5.74) is 0.831. The molecule has 0 amide bonds. The Bertz CT molecular complexity index is 374. The van der Waals surface area contributed by atoms with Gasteiger partial charge in [-0.1, -0.05) is 0 Å². The molecule has 0 saturated carbocycles. The normalized spacial score (nSPS) is 14.8. The number of nitrogens with zero attached hydrogens (tertiary/aromatic N) is 1. The number of methoxy groups -OCH3 is 1. The Morgan fingerprint density at radius 2 is 2.36 bits per heavy atom. The summed E-state index contributed by atoms with van der Waals surface area (Å²) < 4.78 is 10.3. The van der Waals surface area contributed by atoms with Crippen LogP contribution < -0.4 is 4.74 Å². The van der Waals surface area contributed by atoms with E-state index >= 15 is 0 Å². The highest BCUT2D eigenvalue weighted by Gasteiger charge is 2.12. The average Bonchev–Trinajstić information content (AvgIpc) is 2.71. The minimum absolute atomic E-state index is 0.120. The number of aliphatic imine (C=N–C) groups is 1. The maximum atomic E-state index is 9.37. The molecule has 1 aliphatic rings. The summed E-state index contributed by atoms with van der Waals surface area (Å²) in [5.74, 6) is 1.17. The lowest BCUT2D eigenvalue weighted by atomic mass is 10.2. The fourth-order valence-corrected chi connectivity index (χ4v) is 1.32. The largest absolute Gasteiger partial charge is 0.504 e. The SMILES string of the molecule is COc1cc(C2=NCCO2)ccc1O. The Labute approximate surface area is 81.8 Å². The highest BCUT2D eigenvalue weighted by atomic mass is 16.5. The standard InChI is InChI=1S/C10H11NO3/c1-13-9-6-7(2-3-8(9)12)10-11-4-5-14-10/h2-3,6,12H,4-5H2,1H3. The third-order valence-corrected chi connectivity index (χ3v) is 2.01. The van der Waals surface area contributed by atoms with Crippen LogP contribution in [0.5, 0.6) is 11.5 Å². The minimum Gasteiger partial charge on any atom is -0.504 e. The Balaban J connectivity index is 2.35. The molecule has 0 fully saturated rings. The van der Waals surface area contributed by atoms with Gasteiger partial charge in [0.05, 0.1) is 13.7 Å². The van der Waals surface area contributed by atoms with Crippen LogP contribution in [0.4, 0.5) is 0 Å². The molecule has 74 valence electrons. The van der Waals surface area contributed by atoms with Gasteiger partial charge in [0.15, 0.2) is 11.5 Å². The number of hydrogen-bond donors (Lipinski definition) is 1. The molecule has 2 rings (SSSR count). The first kappa shape index (κ1) is 8.87. The smallest absolute Gasteiger partial charge is 0.216 e. The van der Waals surface area contributed by atoms with Crippen LogP contribution in [0.3, 0.4) is 0 Å². The van der Waals surface area contributed by atoms with Gasteiger partial charge >= 0.3 is 0 Å². The van der Waals surface area contributed by atoms with Gasteiger partial charge in [-0.05, 0) is 18.2 Å². The van der Waals surface area contributed by atoms with Gasteiger partial charge in [-0.25, -0.2) is 4.99 Å². The molecule has 0 radical (unpaired) electrons. The molecule has 0 unspecified atom stereocenters. The summed E-state index contributed by atoms with van der Waals surface area (Å²) in [6.45, 7) is 1.32. The van der Waals surface area contributed by atoms with Crippen LogP contribution in [0.2, 0.25) is 0 Å². The molecular weight excluding hydrogens is 182 g/mol. The highest BCUT2D eigenvalue weighted by Crippen LogP contribution is 2.27. The topological polar surface area (TPSA) is 51.0 Å². The molecule has 0 bridgehead atoms. The van der Waals surface area contributed by atoms with Crippen molar-refractivity contribution in [1.29, 1.82) is 0 Å². The lowest BCUT2D eigenvalue weighted by molar-refractivity contribution is 0.347. The molecule has 14 heavy (non-hydrogen) atoms. The lowest BCUT2D eigenvalue weighted by Crippen LogP contribution is -2.01. The van der Waals surface area contributed by atoms with E-state index in [1.165, 1.54) is 7.11 Å². The molecule has 1 aromatic rings. The summed E-state index contributed by atoms with van der Waals surface area (Å²) in [5, 5.41) is 9.37. The Morgan fingerprint density at radius 3 is 3.00 bits per heavy atom.